The van der Waals surface area contributed by atoms with E-state index in [-0.39, 0.29) is 5.91 Å². The molecule has 6 nitrogen and oxygen atoms in total. The number of nitrogens with one attached hydrogen (secondary N) is 1. The molecule has 0 spiro atoms. The molecular weight excluding hydrogens is 326 g/mol. The Morgan fingerprint density at radius 3 is 2.62 bits per heavy atom. The summed E-state index contributed by atoms with van der Waals surface area (Å²) in [5.74, 6) is 0.691. The molecule has 0 unspecified atom stereocenters. The monoisotopic (exact) mass is 349 g/mol. The Balaban J connectivity index is 1.70. The topological polar surface area (TPSA) is 62.5 Å². The third-order valence-corrected chi connectivity index (χ3v) is 4.31. The number of hydrazone groups is 1. The summed E-state index contributed by atoms with van der Waals surface area (Å²) in [5.41, 5.74) is 7.00. The quantitative estimate of drug-likeness (QED) is 0.568. The zero-order valence-corrected chi connectivity index (χ0v) is 15.5. The van der Waals surface area contributed by atoms with Gasteiger partial charge in [-0.25, -0.2) is 10.4 Å². The van der Waals surface area contributed by atoms with Gasteiger partial charge in [0.05, 0.1) is 17.2 Å². The smallest absolute Gasteiger partial charge is 0.271 e. The zero-order chi connectivity index (χ0) is 18.7. The Morgan fingerprint density at radius 1 is 1.23 bits per heavy atom. The van der Waals surface area contributed by atoms with Crippen molar-refractivity contribution in [2.45, 2.75) is 20.4 Å². The fraction of sp³-hybridized carbons (Fsp3) is 0.250. The van der Waals surface area contributed by atoms with E-state index >= 15 is 0 Å². The molecule has 1 heterocycles. The Hall–Kier alpha value is -3.15. The van der Waals surface area contributed by atoms with E-state index < -0.39 is 0 Å². The van der Waals surface area contributed by atoms with Crippen LogP contribution < -0.4 is 10.3 Å². The Bertz CT molecular complexity index is 954. The van der Waals surface area contributed by atoms with Gasteiger partial charge in [-0.05, 0) is 49.7 Å². The van der Waals surface area contributed by atoms with Crippen molar-refractivity contribution in [3.63, 3.8) is 0 Å². The number of aryl methyl sites for hydroxylation is 2. The van der Waals surface area contributed by atoms with E-state index in [1.165, 1.54) is 0 Å². The minimum absolute atomic E-state index is 0.253. The van der Waals surface area contributed by atoms with Gasteiger partial charge in [0.15, 0.2) is 0 Å². The number of carbonyl (C=O) groups excluding carboxylic acids is 1. The summed E-state index contributed by atoms with van der Waals surface area (Å²) in [7, 11) is 3.98. The van der Waals surface area contributed by atoms with Gasteiger partial charge in [-0.15, -0.1) is 0 Å². The van der Waals surface area contributed by atoms with Crippen LogP contribution in [0, 0.1) is 6.92 Å². The van der Waals surface area contributed by atoms with Crippen molar-refractivity contribution in [2.75, 3.05) is 19.0 Å². The third-order valence-electron chi connectivity index (χ3n) is 4.31. The van der Waals surface area contributed by atoms with E-state index in [2.05, 4.69) is 27.0 Å². The van der Waals surface area contributed by atoms with Gasteiger partial charge < -0.3 is 9.47 Å². The number of anilines is 1. The van der Waals surface area contributed by atoms with Crippen molar-refractivity contribution in [1.29, 1.82) is 0 Å². The number of carbonyl (C=O) groups is 1. The largest absolute Gasteiger partial charge is 0.378 e. The summed E-state index contributed by atoms with van der Waals surface area (Å²) in [6, 6.07) is 13.4. The fourth-order valence-electron chi connectivity index (χ4n) is 2.88. The number of imidazole rings is 1. The molecule has 1 aromatic heterocycles. The second-order valence-corrected chi connectivity index (χ2v) is 6.29. The molecule has 0 atom stereocenters. The lowest BCUT2D eigenvalue weighted by atomic mass is 10.2. The molecule has 0 bridgehead atoms. The van der Waals surface area contributed by atoms with Crippen LogP contribution in [-0.2, 0) is 6.54 Å². The standard InChI is InChI=1S/C20H23N5O/c1-5-25-14(2)22-18-12-16(8-11-19(18)25)20(26)23-21-13-15-6-9-17(10-7-15)24(3)4/h6-13H,5H2,1-4H3,(H,23,26)/b21-13+. The molecule has 0 aliphatic heterocycles. The van der Waals surface area contributed by atoms with Crippen molar-refractivity contribution in [3.05, 3.63) is 59.4 Å². The van der Waals surface area contributed by atoms with Gasteiger partial charge in [0, 0.05) is 31.9 Å². The van der Waals surface area contributed by atoms with Crippen molar-refractivity contribution >= 4 is 28.8 Å². The molecule has 0 saturated heterocycles. The van der Waals surface area contributed by atoms with Gasteiger partial charge in [0.1, 0.15) is 5.82 Å². The first-order chi connectivity index (χ1) is 12.5. The molecule has 26 heavy (non-hydrogen) atoms. The Labute approximate surface area is 153 Å². The minimum Gasteiger partial charge on any atom is -0.378 e. The number of amides is 1. The van der Waals surface area contributed by atoms with Crippen LogP contribution in [0.2, 0.25) is 0 Å². The first kappa shape index (κ1) is 17.7. The number of hydrogen-bond donors (Lipinski definition) is 1. The number of benzene rings is 2. The lowest BCUT2D eigenvalue weighted by molar-refractivity contribution is 0.0955. The number of rotatable bonds is 5. The molecule has 134 valence electrons. The summed E-state index contributed by atoms with van der Waals surface area (Å²) in [6.07, 6.45) is 1.63. The molecule has 3 aromatic rings. The first-order valence-corrected chi connectivity index (χ1v) is 8.57. The predicted octanol–water partition coefficient (Wildman–Crippen LogP) is 3.19. The SMILES string of the molecule is CCn1c(C)nc2cc(C(=O)N/N=C/c3ccc(N(C)C)cc3)ccc21. The summed E-state index contributed by atoms with van der Waals surface area (Å²) in [6.45, 7) is 4.90. The molecule has 3 rings (SSSR count). The summed E-state index contributed by atoms with van der Waals surface area (Å²) in [5, 5.41) is 4.05. The highest BCUT2D eigenvalue weighted by Crippen LogP contribution is 2.17. The Morgan fingerprint density at radius 2 is 1.96 bits per heavy atom. The average Bonchev–Trinajstić information content (AvgIpc) is 2.96. The maximum atomic E-state index is 12.3. The minimum atomic E-state index is -0.253. The van der Waals surface area contributed by atoms with E-state index in [0.717, 1.165) is 34.7 Å². The molecule has 0 radical (unpaired) electrons. The van der Waals surface area contributed by atoms with E-state index in [1.807, 2.05) is 56.3 Å². The average molecular weight is 349 g/mol. The summed E-state index contributed by atoms with van der Waals surface area (Å²) in [4.78, 5) is 18.9. The molecule has 0 aliphatic rings. The third kappa shape index (κ3) is 3.59. The molecule has 1 amide bonds. The molecule has 2 aromatic carbocycles. The normalized spacial score (nSPS) is 11.2. The van der Waals surface area contributed by atoms with Gasteiger partial charge in [-0.1, -0.05) is 12.1 Å². The highest BCUT2D eigenvalue weighted by Gasteiger charge is 2.10. The Kier molecular flexibility index (Phi) is 5.02. The van der Waals surface area contributed by atoms with Crippen LogP contribution >= 0.6 is 0 Å². The van der Waals surface area contributed by atoms with E-state index in [0.29, 0.717) is 5.56 Å². The van der Waals surface area contributed by atoms with Crippen LogP contribution in [0.25, 0.3) is 11.0 Å². The number of aromatic nitrogens is 2. The second kappa shape index (κ2) is 7.39. The van der Waals surface area contributed by atoms with Crippen molar-refractivity contribution in [3.8, 4) is 0 Å². The van der Waals surface area contributed by atoms with Crippen LogP contribution in [0.5, 0.6) is 0 Å². The van der Waals surface area contributed by atoms with E-state index in [9.17, 15) is 4.79 Å². The highest BCUT2D eigenvalue weighted by molar-refractivity contribution is 5.98. The molecule has 0 saturated carbocycles. The highest BCUT2D eigenvalue weighted by atomic mass is 16.2. The molecule has 0 fully saturated rings. The van der Waals surface area contributed by atoms with Gasteiger partial charge in [-0.3, -0.25) is 4.79 Å². The van der Waals surface area contributed by atoms with E-state index in [1.54, 1.807) is 18.3 Å². The summed E-state index contributed by atoms with van der Waals surface area (Å²) >= 11 is 0. The molecule has 0 aliphatic carbocycles. The molecule has 6 heteroatoms. The predicted molar refractivity (Wildman–Crippen MR) is 106 cm³/mol. The van der Waals surface area contributed by atoms with Crippen LogP contribution in [-0.4, -0.2) is 35.8 Å². The maximum Gasteiger partial charge on any atom is 0.271 e. The van der Waals surface area contributed by atoms with Crippen LogP contribution in [0.15, 0.2) is 47.6 Å². The second-order valence-electron chi connectivity index (χ2n) is 6.29. The first-order valence-electron chi connectivity index (χ1n) is 8.57. The molecular formula is C20H23N5O. The van der Waals surface area contributed by atoms with Crippen molar-refractivity contribution < 1.29 is 4.79 Å². The summed E-state index contributed by atoms with van der Waals surface area (Å²) < 4.78 is 2.12. The maximum absolute atomic E-state index is 12.3. The van der Waals surface area contributed by atoms with Gasteiger partial charge in [0.25, 0.3) is 5.91 Å². The van der Waals surface area contributed by atoms with Crippen molar-refractivity contribution in [2.24, 2.45) is 5.10 Å². The van der Waals surface area contributed by atoms with Crippen LogP contribution in [0.3, 0.4) is 0 Å². The number of nitrogens with zero attached hydrogens (tertiary/aromatic N) is 4. The zero-order valence-electron chi connectivity index (χ0n) is 15.5. The number of hydrogen-bond acceptors (Lipinski definition) is 4. The van der Waals surface area contributed by atoms with Gasteiger partial charge in [-0.2, -0.15) is 5.10 Å². The van der Waals surface area contributed by atoms with Gasteiger partial charge >= 0.3 is 0 Å². The molecule has 1 N–H and O–H groups in total. The fourth-order valence-corrected chi connectivity index (χ4v) is 2.88. The lowest BCUT2D eigenvalue weighted by Gasteiger charge is -2.11. The van der Waals surface area contributed by atoms with Gasteiger partial charge in [0.2, 0.25) is 0 Å². The van der Waals surface area contributed by atoms with Crippen LogP contribution in [0.1, 0.15) is 28.7 Å². The lowest BCUT2D eigenvalue weighted by Crippen LogP contribution is -2.17. The van der Waals surface area contributed by atoms with E-state index in [4.69, 9.17) is 0 Å². The van der Waals surface area contributed by atoms with Crippen LogP contribution in [0.4, 0.5) is 5.69 Å². The van der Waals surface area contributed by atoms with Crippen molar-refractivity contribution in [1.82, 2.24) is 15.0 Å². The number of fused-ring (bicyclic) bond motifs is 1.